The molecule has 0 spiro atoms. The molecular weight excluding hydrogens is 379 g/mol. The fraction of sp³-hybridized carbons (Fsp3) is 0.0714. The number of nitro groups is 1. The van der Waals surface area contributed by atoms with E-state index in [4.69, 9.17) is 11.6 Å². The average Bonchev–Trinajstić information content (AvgIpc) is 2.53. The summed E-state index contributed by atoms with van der Waals surface area (Å²) in [5, 5.41) is 10.6. The average molecular weight is 389 g/mol. The highest BCUT2D eigenvalue weighted by molar-refractivity contribution is 7.92. The Balaban J connectivity index is 2.50. The molecule has 0 radical (unpaired) electrons. The summed E-state index contributed by atoms with van der Waals surface area (Å²) in [6.07, 6.45) is 0. The van der Waals surface area contributed by atoms with Crippen molar-refractivity contribution in [2.75, 3.05) is 11.8 Å². The number of hydrogen-bond acceptors (Lipinski definition) is 6. The summed E-state index contributed by atoms with van der Waals surface area (Å²) >= 11 is 5.64. The highest BCUT2D eigenvalue weighted by atomic mass is 35.5. The van der Waals surface area contributed by atoms with Crippen LogP contribution in [0, 0.1) is 15.9 Å². The molecule has 0 aliphatic rings. The second-order valence-corrected chi connectivity index (χ2v) is 6.75. The lowest BCUT2D eigenvalue weighted by Crippen LogP contribution is -2.16. The Hall–Kier alpha value is -2.72. The monoisotopic (exact) mass is 388 g/mol. The van der Waals surface area contributed by atoms with Crippen LogP contribution in [0.4, 0.5) is 15.8 Å². The smallest absolute Gasteiger partial charge is 0.339 e. The van der Waals surface area contributed by atoms with Gasteiger partial charge in [-0.3, -0.25) is 14.8 Å². The number of nitrogens with zero attached hydrogens (tertiary/aromatic N) is 1. The third-order valence-corrected chi connectivity index (χ3v) is 4.74. The van der Waals surface area contributed by atoms with Crippen LogP contribution in [0.3, 0.4) is 0 Å². The first-order valence-corrected chi connectivity index (χ1v) is 8.36. The van der Waals surface area contributed by atoms with Crippen molar-refractivity contribution in [3.05, 3.63) is 62.9 Å². The number of benzene rings is 2. The van der Waals surface area contributed by atoms with Crippen LogP contribution in [-0.2, 0) is 14.8 Å². The van der Waals surface area contributed by atoms with Crippen LogP contribution in [0.15, 0.2) is 41.3 Å². The summed E-state index contributed by atoms with van der Waals surface area (Å²) in [6, 6.07) is 5.62. The fourth-order valence-corrected chi connectivity index (χ4v) is 3.17. The van der Waals surface area contributed by atoms with E-state index < -0.39 is 37.3 Å². The number of nitro benzene ring substituents is 1. The number of sulfonamides is 1. The molecule has 0 heterocycles. The second-order valence-electron chi connectivity index (χ2n) is 4.66. The number of esters is 1. The van der Waals surface area contributed by atoms with Crippen LogP contribution in [0.5, 0.6) is 0 Å². The molecule has 25 heavy (non-hydrogen) atoms. The zero-order chi connectivity index (χ0) is 18.8. The van der Waals surface area contributed by atoms with Gasteiger partial charge in [-0.2, -0.15) is 0 Å². The molecule has 132 valence electrons. The summed E-state index contributed by atoms with van der Waals surface area (Å²) in [4.78, 5) is 21.2. The van der Waals surface area contributed by atoms with Crippen LogP contribution in [0.1, 0.15) is 10.4 Å². The van der Waals surface area contributed by atoms with Gasteiger partial charge in [-0.25, -0.2) is 17.6 Å². The Morgan fingerprint density at radius 3 is 2.56 bits per heavy atom. The number of carbonyl (C=O) groups is 1. The Morgan fingerprint density at radius 2 is 1.96 bits per heavy atom. The third kappa shape index (κ3) is 4.03. The lowest BCUT2D eigenvalue weighted by atomic mass is 10.2. The topological polar surface area (TPSA) is 116 Å². The first kappa shape index (κ1) is 18.6. The number of halogens is 2. The summed E-state index contributed by atoms with van der Waals surface area (Å²) in [6.45, 7) is 0. The zero-order valence-corrected chi connectivity index (χ0v) is 14.1. The molecule has 2 rings (SSSR count). The number of methoxy groups -OCH3 is 1. The maximum atomic E-state index is 13.4. The van der Waals surface area contributed by atoms with Crippen molar-refractivity contribution in [1.82, 2.24) is 0 Å². The van der Waals surface area contributed by atoms with Crippen molar-refractivity contribution in [3.8, 4) is 0 Å². The minimum Gasteiger partial charge on any atom is -0.465 e. The molecule has 11 heteroatoms. The maximum absolute atomic E-state index is 13.4. The normalized spacial score (nSPS) is 11.0. The first-order chi connectivity index (χ1) is 11.7. The number of hydrogen-bond donors (Lipinski definition) is 1. The van der Waals surface area contributed by atoms with E-state index in [2.05, 4.69) is 4.74 Å². The SMILES string of the molecule is COC(=O)c1ccc(F)cc1NS(=O)(=O)c1ccc(Cl)c([N+](=O)[O-])c1. The van der Waals surface area contributed by atoms with Crippen LogP contribution in [0.2, 0.25) is 5.02 Å². The number of nitrogens with one attached hydrogen (secondary N) is 1. The molecule has 0 aliphatic heterocycles. The van der Waals surface area contributed by atoms with E-state index in [0.717, 1.165) is 43.5 Å². The first-order valence-electron chi connectivity index (χ1n) is 6.50. The molecule has 2 aromatic carbocycles. The number of anilines is 1. The molecule has 0 fully saturated rings. The predicted octanol–water partition coefficient (Wildman–Crippen LogP) is 2.97. The molecule has 0 atom stereocenters. The standard InChI is InChI=1S/C14H10ClFN2O6S/c1-24-14(19)10-4-2-8(16)6-12(10)17-25(22,23)9-3-5-11(15)13(7-9)18(20)21/h2-7,17H,1H3. The van der Waals surface area contributed by atoms with E-state index in [1.165, 1.54) is 0 Å². The molecule has 8 nitrogen and oxygen atoms in total. The minimum absolute atomic E-state index is 0.226. The van der Waals surface area contributed by atoms with Gasteiger partial charge in [-0.1, -0.05) is 11.6 Å². The molecule has 0 aliphatic carbocycles. The van der Waals surface area contributed by atoms with E-state index >= 15 is 0 Å². The fourth-order valence-electron chi connectivity index (χ4n) is 1.89. The van der Waals surface area contributed by atoms with Crippen LogP contribution in [0.25, 0.3) is 0 Å². The van der Waals surface area contributed by atoms with Gasteiger partial charge in [0.05, 0.1) is 28.2 Å². The van der Waals surface area contributed by atoms with E-state index in [9.17, 15) is 27.7 Å². The Bertz CT molecular complexity index is 964. The van der Waals surface area contributed by atoms with E-state index in [0.29, 0.717) is 0 Å². The Labute approximate surface area is 146 Å². The van der Waals surface area contributed by atoms with Gasteiger partial charge in [0.2, 0.25) is 0 Å². The molecule has 0 bridgehead atoms. The number of ether oxygens (including phenoxy) is 1. The molecule has 0 unspecified atom stereocenters. The van der Waals surface area contributed by atoms with Crippen molar-refractivity contribution >= 4 is 39.0 Å². The molecule has 0 saturated carbocycles. The van der Waals surface area contributed by atoms with Gasteiger partial charge < -0.3 is 4.74 Å². The van der Waals surface area contributed by atoms with E-state index in [1.54, 1.807) is 0 Å². The summed E-state index contributed by atoms with van der Waals surface area (Å²) in [5.41, 5.74) is -1.21. The van der Waals surface area contributed by atoms with Crippen molar-refractivity contribution in [1.29, 1.82) is 0 Å². The highest BCUT2D eigenvalue weighted by Gasteiger charge is 2.23. The van der Waals surface area contributed by atoms with Gasteiger partial charge in [0.25, 0.3) is 15.7 Å². The van der Waals surface area contributed by atoms with Gasteiger partial charge in [0, 0.05) is 6.07 Å². The van der Waals surface area contributed by atoms with Crippen LogP contribution < -0.4 is 4.72 Å². The minimum atomic E-state index is -4.35. The van der Waals surface area contributed by atoms with E-state index in [1.807, 2.05) is 4.72 Å². The van der Waals surface area contributed by atoms with Gasteiger partial charge >= 0.3 is 5.97 Å². The predicted molar refractivity (Wildman–Crippen MR) is 86.7 cm³/mol. The highest BCUT2D eigenvalue weighted by Crippen LogP contribution is 2.29. The van der Waals surface area contributed by atoms with Crippen LogP contribution in [-0.4, -0.2) is 26.4 Å². The molecule has 2 aromatic rings. The zero-order valence-electron chi connectivity index (χ0n) is 12.5. The van der Waals surface area contributed by atoms with E-state index in [-0.39, 0.29) is 16.3 Å². The largest absolute Gasteiger partial charge is 0.465 e. The Kier molecular flexibility index (Phi) is 5.24. The quantitative estimate of drug-likeness (QED) is 0.478. The Morgan fingerprint density at radius 1 is 1.28 bits per heavy atom. The van der Waals surface area contributed by atoms with Gasteiger partial charge in [0.15, 0.2) is 0 Å². The molecule has 0 saturated heterocycles. The van der Waals surface area contributed by atoms with Crippen molar-refractivity contribution in [2.45, 2.75) is 4.90 Å². The number of rotatable bonds is 5. The van der Waals surface area contributed by atoms with Gasteiger partial charge in [-0.15, -0.1) is 0 Å². The van der Waals surface area contributed by atoms with Crippen molar-refractivity contribution in [2.24, 2.45) is 0 Å². The lowest BCUT2D eigenvalue weighted by molar-refractivity contribution is -0.384. The molecule has 1 N–H and O–H groups in total. The molecule has 0 amide bonds. The van der Waals surface area contributed by atoms with Crippen molar-refractivity contribution in [3.63, 3.8) is 0 Å². The second kappa shape index (κ2) is 7.03. The third-order valence-electron chi connectivity index (χ3n) is 3.06. The van der Waals surface area contributed by atoms with Gasteiger partial charge in [0.1, 0.15) is 10.8 Å². The molecular formula is C14H10ClFN2O6S. The molecule has 0 aromatic heterocycles. The summed E-state index contributed by atoms with van der Waals surface area (Å²) in [5.74, 6) is -1.69. The van der Waals surface area contributed by atoms with Crippen LogP contribution >= 0.6 is 11.6 Å². The summed E-state index contributed by atoms with van der Waals surface area (Å²) in [7, 11) is -3.28. The summed E-state index contributed by atoms with van der Waals surface area (Å²) < 4.78 is 44.8. The van der Waals surface area contributed by atoms with Gasteiger partial charge in [-0.05, 0) is 30.3 Å². The van der Waals surface area contributed by atoms with Crippen molar-refractivity contribution < 1.29 is 27.3 Å². The number of carbonyl (C=O) groups excluding carboxylic acids is 1. The lowest BCUT2D eigenvalue weighted by Gasteiger charge is -2.12. The maximum Gasteiger partial charge on any atom is 0.339 e.